The van der Waals surface area contributed by atoms with Crippen LogP contribution in [0.5, 0.6) is 0 Å². The Hall–Kier alpha value is -1.92. The summed E-state index contributed by atoms with van der Waals surface area (Å²) < 4.78 is 40.5. The number of benzene rings is 2. The number of rotatable bonds is 3. The third kappa shape index (κ3) is 3.16. The molecule has 1 heterocycles. The van der Waals surface area contributed by atoms with Crippen LogP contribution < -0.4 is 4.90 Å². The largest absolute Gasteiger partial charge is 0.369 e. The van der Waals surface area contributed by atoms with E-state index < -0.39 is 10.0 Å². The number of piperazine rings is 1. The molecule has 1 fully saturated rings. The van der Waals surface area contributed by atoms with Crippen LogP contribution in [0.2, 0.25) is 0 Å². The molecule has 0 saturated carbocycles. The Morgan fingerprint density at radius 1 is 0.840 bits per heavy atom. The maximum Gasteiger partial charge on any atom is 0.243 e. The lowest BCUT2D eigenvalue weighted by molar-refractivity contribution is 0.385. The SMILES string of the molecule is O=S(=O)(c1ccc2c(c1)CCC2)N1CCN(c2ccc(F)cc2)CC1. The summed E-state index contributed by atoms with van der Waals surface area (Å²) in [6, 6.07) is 11.9. The summed E-state index contributed by atoms with van der Waals surface area (Å²) in [5.74, 6) is -0.262. The molecule has 2 aromatic carbocycles. The van der Waals surface area contributed by atoms with Gasteiger partial charge in [-0.3, -0.25) is 0 Å². The molecule has 0 unspecified atom stereocenters. The second kappa shape index (κ2) is 6.42. The van der Waals surface area contributed by atoms with Gasteiger partial charge in [-0.25, -0.2) is 12.8 Å². The highest BCUT2D eigenvalue weighted by atomic mass is 32.2. The van der Waals surface area contributed by atoms with Gasteiger partial charge in [0.1, 0.15) is 5.82 Å². The van der Waals surface area contributed by atoms with Gasteiger partial charge in [0.15, 0.2) is 0 Å². The van der Waals surface area contributed by atoms with Crippen molar-refractivity contribution in [3.63, 3.8) is 0 Å². The number of hydrogen-bond donors (Lipinski definition) is 0. The van der Waals surface area contributed by atoms with Crippen molar-refractivity contribution in [3.8, 4) is 0 Å². The topological polar surface area (TPSA) is 40.6 Å². The van der Waals surface area contributed by atoms with E-state index in [1.54, 1.807) is 22.5 Å². The van der Waals surface area contributed by atoms with E-state index in [-0.39, 0.29) is 5.82 Å². The molecule has 4 nitrogen and oxygen atoms in total. The molecule has 1 saturated heterocycles. The Morgan fingerprint density at radius 2 is 1.52 bits per heavy atom. The number of anilines is 1. The van der Waals surface area contributed by atoms with E-state index in [0.717, 1.165) is 24.9 Å². The van der Waals surface area contributed by atoms with E-state index >= 15 is 0 Å². The molecule has 2 aliphatic rings. The van der Waals surface area contributed by atoms with Crippen molar-refractivity contribution < 1.29 is 12.8 Å². The van der Waals surface area contributed by atoms with Crippen LogP contribution in [0.25, 0.3) is 0 Å². The summed E-state index contributed by atoms with van der Waals surface area (Å²) in [6.07, 6.45) is 3.12. The molecule has 2 aromatic rings. The van der Waals surface area contributed by atoms with Crippen LogP contribution in [0.3, 0.4) is 0 Å². The first-order valence-corrected chi connectivity index (χ1v) is 10.1. The van der Waals surface area contributed by atoms with Crippen molar-refractivity contribution >= 4 is 15.7 Å². The van der Waals surface area contributed by atoms with Crippen molar-refractivity contribution in [2.45, 2.75) is 24.2 Å². The molecule has 0 spiro atoms. The summed E-state index contributed by atoms with van der Waals surface area (Å²) >= 11 is 0. The lowest BCUT2D eigenvalue weighted by atomic mass is 10.1. The van der Waals surface area contributed by atoms with Gasteiger partial charge < -0.3 is 4.90 Å². The number of halogens is 1. The minimum Gasteiger partial charge on any atom is -0.369 e. The smallest absolute Gasteiger partial charge is 0.243 e. The highest BCUT2D eigenvalue weighted by Gasteiger charge is 2.29. The molecule has 0 amide bonds. The highest BCUT2D eigenvalue weighted by molar-refractivity contribution is 7.89. The Bertz CT molecular complexity index is 873. The first-order valence-electron chi connectivity index (χ1n) is 8.66. The van der Waals surface area contributed by atoms with Crippen molar-refractivity contribution in [1.82, 2.24) is 4.31 Å². The van der Waals surface area contributed by atoms with Crippen molar-refractivity contribution in [2.24, 2.45) is 0 Å². The number of aryl methyl sites for hydroxylation is 2. The first kappa shape index (κ1) is 16.5. The third-order valence-corrected chi connectivity index (χ3v) is 7.03. The Labute approximate surface area is 147 Å². The van der Waals surface area contributed by atoms with Crippen LogP contribution in [-0.4, -0.2) is 38.9 Å². The first-order chi connectivity index (χ1) is 12.0. The van der Waals surface area contributed by atoms with Gasteiger partial charge in [0.25, 0.3) is 0 Å². The molecule has 25 heavy (non-hydrogen) atoms. The summed E-state index contributed by atoms with van der Waals surface area (Å²) in [4.78, 5) is 2.50. The molecule has 4 rings (SSSR count). The second-order valence-corrected chi connectivity index (χ2v) is 8.59. The average Bonchev–Trinajstić information content (AvgIpc) is 3.10. The Morgan fingerprint density at radius 3 is 2.24 bits per heavy atom. The summed E-state index contributed by atoms with van der Waals surface area (Å²) in [7, 11) is -3.45. The zero-order chi connectivity index (χ0) is 17.4. The molecule has 0 N–H and O–H groups in total. The van der Waals surface area contributed by atoms with Crippen LogP contribution in [0, 0.1) is 5.82 Å². The molecule has 0 radical (unpaired) electrons. The number of nitrogens with zero attached hydrogens (tertiary/aromatic N) is 2. The maximum absolute atomic E-state index is 13.0. The predicted molar refractivity (Wildman–Crippen MR) is 95.8 cm³/mol. The minimum atomic E-state index is -3.45. The second-order valence-electron chi connectivity index (χ2n) is 6.65. The van der Waals surface area contributed by atoms with Crippen LogP contribution in [0.1, 0.15) is 17.5 Å². The van der Waals surface area contributed by atoms with Crippen LogP contribution in [0.4, 0.5) is 10.1 Å². The average molecular weight is 360 g/mol. The predicted octanol–water partition coefficient (Wildman–Crippen LogP) is 2.83. The molecule has 6 heteroatoms. The van der Waals surface area contributed by atoms with E-state index in [1.807, 2.05) is 12.1 Å². The van der Waals surface area contributed by atoms with Crippen molar-refractivity contribution in [2.75, 3.05) is 31.1 Å². The quantitative estimate of drug-likeness (QED) is 0.845. The molecular weight excluding hydrogens is 339 g/mol. The number of sulfonamides is 1. The fourth-order valence-corrected chi connectivity index (χ4v) is 5.17. The third-order valence-electron chi connectivity index (χ3n) is 5.14. The zero-order valence-electron chi connectivity index (χ0n) is 14.0. The van der Waals surface area contributed by atoms with Gasteiger partial charge in [0.05, 0.1) is 4.90 Å². The van der Waals surface area contributed by atoms with Gasteiger partial charge in [-0.2, -0.15) is 4.31 Å². The Kier molecular flexibility index (Phi) is 4.25. The summed E-state index contributed by atoms with van der Waals surface area (Å²) in [5.41, 5.74) is 3.38. The van der Waals surface area contributed by atoms with Gasteiger partial charge in [-0.05, 0) is 66.8 Å². The van der Waals surface area contributed by atoms with Crippen molar-refractivity contribution in [3.05, 3.63) is 59.4 Å². The molecule has 0 atom stereocenters. The molecule has 0 bridgehead atoms. The van der Waals surface area contributed by atoms with E-state index in [2.05, 4.69) is 4.90 Å². The number of fused-ring (bicyclic) bond motifs is 1. The lowest BCUT2D eigenvalue weighted by Gasteiger charge is -2.35. The standard InChI is InChI=1S/C19H21FN2O2S/c20-17-5-7-18(8-6-17)21-10-12-22(13-11-21)25(23,24)19-9-4-15-2-1-3-16(15)14-19/h4-9,14H,1-3,10-13H2. The van der Waals surface area contributed by atoms with Gasteiger partial charge in [0.2, 0.25) is 10.0 Å². The molecule has 1 aliphatic heterocycles. The zero-order valence-corrected chi connectivity index (χ0v) is 14.8. The fourth-order valence-electron chi connectivity index (χ4n) is 3.70. The molecule has 1 aliphatic carbocycles. The minimum absolute atomic E-state index is 0.262. The summed E-state index contributed by atoms with van der Waals surface area (Å²) in [6.45, 7) is 2.10. The van der Waals surface area contributed by atoms with E-state index in [9.17, 15) is 12.8 Å². The van der Waals surface area contributed by atoms with Crippen LogP contribution >= 0.6 is 0 Å². The Balaban J connectivity index is 1.48. The number of hydrogen-bond acceptors (Lipinski definition) is 3. The van der Waals surface area contributed by atoms with Crippen LogP contribution in [0.15, 0.2) is 47.4 Å². The monoisotopic (exact) mass is 360 g/mol. The van der Waals surface area contributed by atoms with Gasteiger partial charge in [-0.15, -0.1) is 0 Å². The molecule has 132 valence electrons. The normalized spacial score (nSPS) is 18.4. The highest BCUT2D eigenvalue weighted by Crippen LogP contribution is 2.27. The van der Waals surface area contributed by atoms with Gasteiger partial charge >= 0.3 is 0 Å². The maximum atomic E-state index is 13.0. The van der Waals surface area contributed by atoms with Gasteiger partial charge in [-0.1, -0.05) is 6.07 Å². The fraction of sp³-hybridized carbons (Fsp3) is 0.368. The van der Waals surface area contributed by atoms with E-state index in [4.69, 9.17) is 0 Å². The lowest BCUT2D eigenvalue weighted by Crippen LogP contribution is -2.48. The van der Waals surface area contributed by atoms with Crippen molar-refractivity contribution in [1.29, 1.82) is 0 Å². The molecular formula is C19H21FN2O2S. The van der Waals surface area contributed by atoms with E-state index in [1.165, 1.54) is 23.3 Å². The van der Waals surface area contributed by atoms with Gasteiger partial charge in [0, 0.05) is 31.9 Å². The summed E-state index contributed by atoms with van der Waals surface area (Å²) in [5, 5.41) is 0. The van der Waals surface area contributed by atoms with E-state index in [0.29, 0.717) is 31.1 Å². The van der Waals surface area contributed by atoms with Crippen LogP contribution in [-0.2, 0) is 22.9 Å². The molecule has 0 aromatic heterocycles.